The van der Waals surface area contributed by atoms with Crippen molar-refractivity contribution in [1.82, 2.24) is 14.7 Å². The fourth-order valence-corrected chi connectivity index (χ4v) is 4.00. The number of halogens is 2. The van der Waals surface area contributed by atoms with Gasteiger partial charge in [0, 0.05) is 6.20 Å². The van der Waals surface area contributed by atoms with Crippen LogP contribution in [0.1, 0.15) is 72.3 Å². The summed E-state index contributed by atoms with van der Waals surface area (Å²) in [5, 5.41) is 12.6. The number of aliphatic hydroxyl groups is 1. The molecule has 1 amide bonds. The van der Waals surface area contributed by atoms with E-state index in [0.29, 0.717) is 35.1 Å². The van der Waals surface area contributed by atoms with Crippen LogP contribution in [0.4, 0.5) is 8.78 Å². The summed E-state index contributed by atoms with van der Waals surface area (Å²) in [6.45, 7) is 3.36. The average Bonchev–Trinajstić information content (AvgIpc) is 3.58. The van der Waals surface area contributed by atoms with Crippen LogP contribution in [0.25, 0.3) is 5.65 Å². The third-order valence-corrected chi connectivity index (χ3v) is 6.04. The first-order valence-corrected chi connectivity index (χ1v) is 11.4. The van der Waals surface area contributed by atoms with Crippen LogP contribution in [0.15, 0.2) is 30.5 Å². The molecule has 1 saturated carbocycles. The first-order chi connectivity index (χ1) is 15.9. The molecule has 0 saturated heterocycles. The summed E-state index contributed by atoms with van der Waals surface area (Å²) in [5.74, 6) is -0.949. The second kappa shape index (κ2) is 9.87. The predicted molar refractivity (Wildman–Crippen MR) is 120 cm³/mol. The molecule has 1 atom stereocenters. The third kappa shape index (κ3) is 5.00. The number of ether oxygens (including phenoxy) is 1. The fourth-order valence-electron chi connectivity index (χ4n) is 4.00. The molecule has 1 unspecified atom stereocenters. The van der Waals surface area contributed by atoms with Crippen molar-refractivity contribution in [2.75, 3.05) is 6.61 Å². The Morgan fingerprint density at radius 2 is 2.06 bits per heavy atom. The van der Waals surface area contributed by atoms with Crippen molar-refractivity contribution in [2.45, 2.75) is 64.5 Å². The van der Waals surface area contributed by atoms with Crippen molar-refractivity contribution in [3.8, 4) is 5.75 Å². The van der Waals surface area contributed by atoms with E-state index < -0.39 is 11.6 Å². The van der Waals surface area contributed by atoms with Gasteiger partial charge in [-0.1, -0.05) is 25.8 Å². The number of pyridine rings is 1. The Bertz CT molecular complexity index is 1140. The highest BCUT2D eigenvalue weighted by molar-refractivity contribution is 5.95. The smallest absolute Gasteiger partial charge is 0.270 e. The zero-order chi connectivity index (χ0) is 23.5. The largest absolute Gasteiger partial charge is 0.485 e. The number of aromatic nitrogens is 2. The lowest BCUT2D eigenvalue weighted by Gasteiger charge is -2.16. The first kappa shape index (κ1) is 23.2. The molecule has 0 spiro atoms. The number of rotatable bonds is 10. The lowest BCUT2D eigenvalue weighted by Crippen LogP contribution is -2.38. The molecule has 0 radical (unpaired) electrons. The minimum Gasteiger partial charge on any atom is -0.485 e. The number of aryl methyl sites for hydroxylation is 1. The van der Waals surface area contributed by atoms with Crippen molar-refractivity contribution in [2.24, 2.45) is 0 Å². The van der Waals surface area contributed by atoms with Gasteiger partial charge in [0.25, 0.3) is 5.91 Å². The number of hydrogen-bond acceptors (Lipinski definition) is 4. The second-order valence-corrected chi connectivity index (χ2v) is 8.64. The molecule has 2 heterocycles. The first-order valence-electron chi connectivity index (χ1n) is 11.4. The molecule has 1 aliphatic carbocycles. The van der Waals surface area contributed by atoms with Crippen molar-refractivity contribution in [3.05, 3.63) is 64.6 Å². The van der Waals surface area contributed by atoms with E-state index in [2.05, 4.69) is 17.2 Å². The summed E-state index contributed by atoms with van der Waals surface area (Å²) in [6, 6.07) is 5.20. The summed E-state index contributed by atoms with van der Waals surface area (Å²) in [5.41, 5.74) is 2.12. The number of carbonyl (C=O) groups excluding carboxylic acids is 1. The summed E-state index contributed by atoms with van der Waals surface area (Å²) in [7, 11) is 0. The van der Waals surface area contributed by atoms with E-state index in [1.807, 2.05) is 12.3 Å². The summed E-state index contributed by atoms with van der Waals surface area (Å²) in [4.78, 5) is 17.7. The maximum Gasteiger partial charge on any atom is 0.270 e. The molecule has 0 bridgehead atoms. The Balaban J connectivity index is 1.68. The van der Waals surface area contributed by atoms with Crippen LogP contribution in [-0.4, -0.2) is 33.0 Å². The van der Waals surface area contributed by atoms with Crippen LogP contribution in [0.2, 0.25) is 0 Å². The van der Waals surface area contributed by atoms with Crippen LogP contribution in [0, 0.1) is 18.6 Å². The van der Waals surface area contributed by atoms with Gasteiger partial charge in [-0.15, -0.1) is 0 Å². The Morgan fingerprint density at radius 1 is 1.33 bits per heavy atom. The lowest BCUT2D eigenvalue weighted by molar-refractivity contribution is 0.0905. The van der Waals surface area contributed by atoms with Crippen LogP contribution in [-0.2, 0) is 6.61 Å². The molecule has 6 nitrogen and oxygen atoms in total. The number of carbonyl (C=O) groups is 1. The number of nitrogens with zero attached hydrogens (tertiary/aromatic N) is 2. The normalized spacial score (nSPS) is 14.5. The van der Waals surface area contributed by atoms with E-state index in [1.54, 1.807) is 11.3 Å². The number of hydrogen-bond donors (Lipinski definition) is 2. The van der Waals surface area contributed by atoms with Gasteiger partial charge in [-0.05, 0) is 55.9 Å². The zero-order valence-electron chi connectivity index (χ0n) is 18.9. The predicted octanol–water partition coefficient (Wildman–Crippen LogP) is 4.66. The number of benzene rings is 1. The van der Waals surface area contributed by atoms with Crippen molar-refractivity contribution >= 4 is 11.6 Å². The second-order valence-electron chi connectivity index (χ2n) is 8.64. The number of aliphatic hydroxyl groups excluding tert-OH is 1. The molecule has 176 valence electrons. The van der Waals surface area contributed by atoms with Gasteiger partial charge in [0.05, 0.1) is 23.9 Å². The van der Waals surface area contributed by atoms with E-state index in [9.17, 15) is 18.7 Å². The summed E-state index contributed by atoms with van der Waals surface area (Å²) >= 11 is 0. The highest BCUT2D eigenvalue weighted by Crippen LogP contribution is 2.42. The molecule has 2 N–H and O–H groups in total. The van der Waals surface area contributed by atoms with Crippen molar-refractivity contribution < 1.29 is 23.4 Å². The number of amides is 1. The number of unbranched alkanes of at least 4 members (excludes halogenated alkanes) is 1. The zero-order valence-corrected chi connectivity index (χ0v) is 18.9. The third-order valence-electron chi connectivity index (χ3n) is 6.04. The van der Waals surface area contributed by atoms with Crippen LogP contribution >= 0.6 is 0 Å². The van der Waals surface area contributed by atoms with Gasteiger partial charge in [0.1, 0.15) is 23.9 Å². The molecule has 2 aromatic heterocycles. The van der Waals surface area contributed by atoms with Gasteiger partial charge in [-0.25, -0.2) is 13.8 Å². The van der Waals surface area contributed by atoms with E-state index in [4.69, 9.17) is 4.74 Å². The van der Waals surface area contributed by atoms with Crippen molar-refractivity contribution in [3.63, 3.8) is 0 Å². The topological polar surface area (TPSA) is 75.9 Å². The molecular formula is C25H29F2N3O3. The molecule has 1 aromatic carbocycles. The quantitative estimate of drug-likeness (QED) is 0.464. The molecule has 4 rings (SSSR count). The van der Waals surface area contributed by atoms with Gasteiger partial charge >= 0.3 is 0 Å². The van der Waals surface area contributed by atoms with E-state index in [1.165, 1.54) is 18.2 Å². The van der Waals surface area contributed by atoms with Crippen molar-refractivity contribution in [1.29, 1.82) is 0 Å². The standard InChI is InChI=1S/C25H29F2N3O3/c1-3-4-6-18(13-31)29-25(32)23-15(2)28-24-22(11-17(12-30(23)24)16-9-10-16)33-14-19-20(26)7-5-8-21(19)27/h5,7-8,11-12,16,18,31H,3-4,6,9-10,13-14H2,1-2H3,(H,29,32). The monoisotopic (exact) mass is 457 g/mol. The number of imidazole rings is 1. The molecule has 8 heteroatoms. The Kier molecular flexibility index (Phi) is 6.93. The van der Waals surface area contributed by atoms with E-state index in [-0.39, 0.29) is 30.7 Å². The van der Waals surface area contributed by atoms with Gasteiger partial charge in [0.2, 0.25) is 0 Å². The maximum absolute atomic E-state index is 14.1. The van der Waals surface area contributed by atoms with E-state index in [0.717, 1.165) is 31.2 Å². The van der Waals surface area contributed by atoms with Crippen LogP contribution < -0.4 is 10.1 Å². The lowest BCUT2D eigenvalue weighted by atomic mass is 10.1. The molecule has 1 aliphatic rings. The Labute approximate surface area is 191 Å². The number of fused-ring (bicyclic) bond motifs is 1. The molecule has 3 aromatic rings. The molecule has 0 aliphatic heterocycles. The highest BCUT2D eigenvalue weighted by atomic mass is 19.1. The fraction of sp³-hybridized carbons (Fsp3) is 0.440. The average molecular weight is 458 g/mol. The maximum atomic E-state index is 14.1. The Morgan fingerprint density at radius 3 is 2.70 bits per heavy atom. The molecule has 1 fully saturated rings. The van der Waals surface area contributed by atoms with Gasteiger partial charge < -0.3 is 15.2 Å². The minimum absolute atomic E-state index is 0.141. The van der Waals surface area contributed by atoms with Crippen LogP contribution in [0.3, 0.4) is 0 Å². The minimum atomic E-state index is -0.675. The van der Waals surface area contributed by atoms with Crippen LogP contribution in [0.5, 0.6) is 5.75 Å². The molecule has 33 heavy (non-hydrogen) atoms. The highest BCUT2D eigenvalue weighted by Gasteiger charge is 2.28. The summed E-state index contributed by atoms with van der Waals surface area (Å²) < 4.78 is 35.7. The van der Waals surface area contributed by atoms with Gasteiger partial charge in [-0.2, -0.15) is 0 Å². The molecular weight excluding hydrogens is 428 g/mol. The van der Waals surface area contributed by atoms with Gasteiger partial charge in [0.15, 0.2) is 11.4 Å². The summed E-state index contributed by atoms with van der Waals surface area (Å²) in [6.07, 6.45) is 6.50. The number of nitrogens with one attached hydrogen (secondary N) is 1. The SMILES string of the molecule is CCCCC(CO)NC(=O)c1c(C)nc2c(OCc3c(F)cccc3F)cc(C3CC3)cn12. The van der Waals surface area contributed by atoms with Gasteiger partial charge in [-0.3, -0.25) is 9.20 Å². The Hall–Kier alpha value is -3.00. The van der Waals surface area contributed by atoms with E-state index >= 15 is 0 Å².